The van der Waals surface area contributed by atoms with Crippen LogP contribution in [-0.4, -0.2) is 63.6 Å². The summed E-state index contributed by atoms with van der Waals surface area (Å²) in [5, 5.41) is 6.25. The molecule has 2 aromatic rings. The molecule has 0 atom stereocenters. The molecule has 0 radical (unpaired) electrons. The van der Waals surface area contributed by atoms with E-state index in [4.69, 9.17) is 4.74 Å². The van der Waals surface area contributed by atoms with E-state index >= 15 is 0 Å². The number of benzene rings is 2. The fraction of sp³-hybridized carbons (Fsp3) is 0.391. The SMILES string of the molecule is CCNC(=O)c1ccc(CNC(=NC)N2CCN(c3ccccc3OC)CC2)cc1.I. The third kappa shape index (κ3) is 6.49. The number of ether oxygens (including phenoxy) is 1. The summed E-state index contributed by atoms with van der Waals surface area (Å²) < 4.78 is 5.50. The minimum atomic E-state index is -0.0410. The highest BCUT2D eigenvalue weighted by Gasteiger charge is 2.21. The zero-order valence-corrected chi connectivity index (χ0v) is 20.8. The number of methoxy groups -OCH3 is 1. The van der Waals surface area contributed by atoms with E-state index in [9.17, 15) is 4.79 Å². The number of aliphatic imine (C=N–C) groups is 1. The standard InChI is InChI=1S/C23H31N5O2.HI/c1-4-25-22(29)19-11-9-18(10-12-19)17-26-23(24-2)28-15-13-27(14-16-28)20-7-5-6-8-21(20)30-3;/h5-12H,4,13-17H2,1-3H3,(H,24,26)(H,25,29);1H. The predicted octanol–water partition coefficient (Wildman–Crippen LogP) is 2.96. The molecule has 0 bridgehead atoms. The molecular weight excluding hydrogens is 505 g/mol. The number of nitrogens with one attached hydrogen (secondary N) is 2. The van der Waals surface area contributed by atoms with Crippen LogP contribution in [-0.2, 0) is 6.54 Å². The number of hydrogen-bond donors (Lipinski definition) is 2. The minimum Gasteiger partial charge on any atom is -0.495 e. The Bertz CT molecular complexity index is 865. The second kappa shape index (κ2) is 12.4. The molecule has 1 aliphatic heterocycles. The molecule has 1 fully saturated rings. The van der Waals surface area contributed by atoms with Crippen LogP contribution in [0.25, 0.3) is 0 Å². The normalized spacial score (nSPS) is 14.0. The first-order valence-corrected chi connectivity index (χ1v) is 10.4. The molecule has 0 aliphatic carbocycles. The van der Waals surface area contributed by atoms with Crippen LogP contribution in [0, 0.1) is 0 Å². The number of para-hydroxylation sites is 2. The van der Waals surface area contributed by atoms with Crippen molar-refractivity contribution in [2.24, 2.45) is 4.99 Å². The first-order valence-electron chi connectivity index (χ1n) is 10.4. The molecule has 1 saturated heterocycles. The number of piperazine rings is 1. The molecule has 1 heterocycles. The van der Waals surface area contributed by atoms with Gasteiger partial charge >= 0.3 is 0 Å². The van der Waals surface area contributed by atoms with Crippen LogP contribution < -0.4 is 20.3 Å². The van der Waals surface area contributed by atoms with Gasteiger partial charge in [0.15, 0.2) is 5.96 Å². The third-order valence-electron chi connectivity index (χ3n) is 5.22. The number of anilines is 1. The van der Waals surface area contributed by atoms with Gasteiger partial charge in [0.2, 0.25) is 0 Å². The van der Waals surface area contributed by atoms with Crippen molar-refractivity contribution < 1.29 is 9.53 Å². The molecule has 1 aliphatic rings. The number of amides is 1. The number of carbonyl (C=O) groups excluding carboxylic acids is 1. The first-order chi connectivity index (χ1) is 14.7. The number of halogens is 1. The molecule has 0 unspecified atom stereocenters. The first kappa shape index (κ1) is 24.8. The molecule has 8 heteroatoms. The zero-order chi connectivity index (χ0) is 21.3. The van der Waals surface area contributed by atoms with Crippen molar-refractivity contribution in [2.45, 2.75) is 13.5 Å². The van der Waals surface area contributed by atoms with Crippen LogP contribution in [0.5, 0.6) is 5.75 Å². The average molecular weight is 537 g/mol. The molecule has 0 aromatic heterocycles. The summed E-state index contributed by atoms with van der Waals surface area (Å²) >= 11 is 0. The van der Waals surface area contributed by atoms with E-state index in [0.29, 0.717) is 18.7 Å². The summed E-state index contributed by atoms with van der Waals surface area (Å²) in [6, 6.07) is 15.8. The molecule has 3 rings (SSSR count). The van der Waals surface area contributed by atoms with E-state index in [1.807, 2.05) is 56.4 Å². The molecule has 0 spiro atoms. The van der Waals surface area contributed by atoms with Gasteiger partial charge in [0, 0.05) is 51.9 Å². The Labute approximate surface area is 201 Å². The summed E-state index contributed by atoms with van der Waals surface area (Å²) in [5.41, 5.74) is 2.92. The fourth-order valence-corrected chi connectivity index (χ4v) is 3.60. The minimum absolute atomic E-state index is 0. The zero-order valence-electron chi connectivity index (χ0n) is 18.4. The van der Waals surface area contributed by atoms with Gasteiger partial charge in [-0.3, -0.25) is 9.79 Å². The van der Waals surface area contributed by atoms with E-state index in [0.717, 1.165) is 49.1 Å². The number of carbonyl (C=O) groups is 1. The van der Waals surface area contributed by atoms with Crippen molar-refractivity contribution >= 4 is 41.5 Å². The highest BCUT2D eigenvalue weighted by molar-refractivity contribution is 14.0. The number of guanidine groups is 1. The molecule has 7 nitrogen and oxygen atoms in total. The van der Waals surface area contributed by atoms with Gasteiger partial charge in [-0.05, 0) is 36.8 Å². The van der Waals surface area contributed by atoms with E-state index in [1.165, 1.54) is 0 Å². The van der Waals surface area contributed by atoms with Crippen LogP contribution >= 0.6 is 24.0 Å². The average Bonchev–Trinajstić information content (AvgIpc) is 2.80. The quantitative estimate of drug-likeness (QED) is 0.337. The predicted molar refractivity (Wildman–Crippen MR) is 137 cm³/mol. The Morgan fingerprint density at radius 2 is 1.71 bits per heavy atom. The molecule has 1 amide bonds. The molecular formula is C23H32IN5O2. The molecule has 2 N–H and O–H groups in total. The van der Waals surface area contributed by atoms with Crippen molar-refractivity contribution in [3.63, 3.8) is 0 Å². The van der Waals surface area contributed by atoms with Crippen LogP contribution in [0.2, 0.25) is 0 Å². The van der Waals surface area contributed by atoms with Crippen LogP contribution in [0.4, 0.5) is 5.69 Å². The van der Waals surface area contributed by atoms with Crippen LogP contribution in [0.1, 0.15) is 22.8 Å². The van der Waals surface area contributed by atoms with Gasteiger partial charge in [0.05, 0.1) is 12.8 Å². The van der Waals surface area contributed by atoms with Gasteiger partial charge < -0.3 is 25.2 Å². The maximum absolute atomic E-state index is 11.9. The number of rotatable bonds is 6. The number of hydrogen-bond acceptors (Lipinski definition) is 4. The third-order valence-corrected chi connectivity index (χ3v) is 5.22. The molecule has 31 heavy (non-hydrogen) atoms. The van der Waals surface area contributed by atoms with Crippen molar-refractivity contribution in [3.05, 3.63) is 59.7 Å². The van der Waals surface area contributed by atoms with Gasteiger partial charge in [-0.15, -0.1) is 24.0 Å². The molecule has 0 saturated carbocycles. The molecule has 168 valence electrons. The maximum Gasteiger partial charge on any atom is 0.251 e. The van der Waals surface area contributed by atoms with Crippen LogP contribution in [0.15, 0.2) is 53.5 Å². The summed E-state index contributed by atoms with van der Waals surface area (Å²) in [7, 11) is 3.52. The topological polar surface area (TPSA) is 69.2 Å². The second-order valence-corrected chi connectivity index (χ2v) is 7.10. The highest BCUT2D eigenvalue weighted by atomic mass is 127. The lowest BCUT2D eigenvalue weighted by Gasteiger charge is -2.38. The van der Waals surface area contributed by atoms with Crippen molar-refractivity contribution in [1.82, 2.24) is 15.5 Å². The Kier molecular flexibility index (Phi) is 9.90. The largest absolute Gasteiger partial charge is 0.495 e. The van der Waals surface area contributed by atoms with Gasteiger partial charge in [0.25, 0.3) is 5.91 Å². The summed E-state index contributed by atoms with van der Waals surface area (Å²) in [4.78, 5) is 21.0. The van der Waals surface area contributed by atoms with E-state index in [2.05, 4.69) is 31.5 Å². The Balaban J connectivity index is 0.00000341. The maximum atomic E-state index is 11.9. The Morgan fingerprint density at radius 3 is 2.32 bits per heavy atom. The van der Waals surface area contributed by atoms with Gasteiger partial charge in [-0.2, -0.15) is 0 Å². The lowest BCUT2D eigenvalue weighted by molar-refractivity contribution is 0.0956. The van der Waals surface area contributed by atoms with E-state index in [1.54, 1.807) is 7.11 Å². The highest BCUT2D eigenvalue weighted by Crippen LogP contribution is 2.28. The van der Waals surface area contributed by atoms with E-state index in [-0.39, 0.29) is 29.9 Å². The lowest BCUT2D eigenvalue weighted by Crippen LogP contribution is -2.52. The molecule has 2 aromatic carbocycles. The monoisotopic (exact) mass is 537 g/mol. The smallest absolute Gasteiger partial charge is 0.251 e. The summed E-state index contributed by atoms with van der Waals surface area (Å²) in [5.74, 6) is 1.76. The summed E-state index contributed by atoms with van der Waals surface area (Å²) in [6.07, 6.45) is 0. The fourth-order valence-electron chi connectivity index (χ4n) is 3.60. The summed E-state index contributed by atoms with van der Waals surface area (Å²) in [6.45, 7) is 6.78. The van der Waals surface area contributed by atoms with E-state index < -0.39 is 0 Å². The van der Waals surface area contributed by atoms with Crippen molar-refractivity contribution in [2.75, 3.05) is 51.8 Å². The second-order valence-electron chi connectivity index (χ2n) is 7.10. The Morgan fingerprint density at radius 1 is 1.03 bits per heavy atom. The van der Waals surface area contributed by atoms with Crippen molar-refractivity contribution in [1.29, 1.82) is 0 Å². The Hall–Kier alpha value is -2.49. The lowest BCUT2D eigenvalue weighted by atomic mass is 10.1. The van der Waals surface area contributed by atoms with Gasteiger partial charge in [-0.1, -0.05) is 24.3 Å². The van der Waals surface area contributed by atoms with Gasteiger partial charge in [-0.25, -0.2) is 0 Å². The van der Waals surface area contributed by atoms with Crippen LogP contribution in [0.3, 0.4) is 0 Å². The van der Waals surface area contributed by atoms with Gasteiger partial charge in [0.1, 0.15) is 5.75 Å². The van der Waals surface area contributed by atoms with Crippen molar-refractivity contribution in [3.8, 4) is 5.75 Å². The number of nitrogens with zero attached hydrogens (tertiary/aromatic N) is 3.